The predicted octanol–water partition coefficient (Wildman–Crippen LogP) is 1.46. The van der Waals surface area contributed by atoms with Gasteiger partial charge in [0.2, 0.25) is 5.91 Å². The lowest BCUT2D eigenvalue weighted by atomic mass is 10.1. The zero-order chi connectivity index (χ0) is 12.3. The Morgan fingerprint density at radius 3 is 3.00 bits per heavy atom. The Bertz CT molecular complexity index is 428. The third kappa shape index (κ3) is 3.06. The molecule has 0 aliphatic carbocycles. The Labute approximate surface area is 104 Å². The van der Waals surface area contributed by atoms with E-state index in [4.69, 9.17) is 0 Å². The van der Waals surface area contributed by atoms with Gasteiger partial charge < -0.3 is 10.6 Å². The predicted molar refractivity (Wildman–Crippen MR) is 67.2 cm³/mol. The highest BCUT2D eigenvalue weighted by atomic mass is 32.1. The topological polar surface area (TPSA) is 58.2 Å². The lowest BCUT2D eigenvalue weighted by Crippen LogP contribution is -2.45. The van der Waals surface area contributed by atoms with Crippen molar-refractivity contribution in [3.8, 4) is 0 Å². The minimum absolute atomic E-state index is 0.0656. The molecule has 0 radical (unpaired) electrons. The third-order valence-electron chi connectivity index (χ3n) is 2.80. The van der Waals surface area contributed by atoms with Crippen LogP contribution in [0.2, 0.25) is 0 Å². The summed E-state index contributed by atoms with van der Waals surface area (Å²) in [4.78, 5) is 25.3. The van der Waals surface area contributed by atoms with Gasteiger partial charge in [-0.05, 0) is 38.3 Å². The quantitative estimate of drug-likeness (QED) is 0.837. The van der Waals surface area contributed by atoms with Crippen LogP contribution in [0.25, 0.3) is 0 Å². The van der Waals surface area contributed by atoms with Crippen molar-refractivity contribution in [3.05, 3.63) is 21.9 Å². The van der Waals surface area contributed by atoms with E-state index in [9.17, 15) is 9.59 Å². The molecule has 1 aromatic heterocycles. The number of carbonyl (C=O) groups is 2. The average Bonchev–Trinajstić information content (AvgIpc) is 2.63. The molecule has 4 nitrogen and oxygen atoms in total. The molecular weight excluding hydrogens is 236 g/mol. The fourth-order valence-electron chi connectivity index (χ4n) is 1.86. The van der Waals surface area contributed by atoms with Gasteiger partial charge >= 0.3 is 0 Å². The molecular formula is C12H16N2O2S. The van der Waals surface area contributed by atoms with Crippen molar-refractivity contribution in [1.82, 2.24) is 10.6 Å². The van der Waals surface area contributed by atoms with Crippen LogP contribution in [0.4, 0.5) is 0 Å². The minimum Gasteiger partial charge on any atom is -0.354 e. The minimum atomic E-state index is -0.382. The summed E-state index contributed by atoms with van der Waals surface area (Å²) in [6, 6.07) is 3.32. The summed E-state index contributed by atoms with van der Waals surface area (Å²) in [7, 11) is 0. The van der Waals surface area contributed by atoms with Gasteiger partial charge in [0, 0.05) is 11.4 Å². The monoisotopic (exact) mass is 252 g/mol. The SMILES string of the molecule is Cc1ccc(C(=O)N[C@H]2CCCCNC2=O)s1. The lowest BCUT2D eigenvalue weighted by molar-refractivity contribution is -0.122. The van der Waals surface area contributed by atoms with E-state index in [0.29, 0.717) is 11.4 Å². The largest absolute Gasteiger partial charge is 0.354 e. The van der Waals surface area contributed by atoms with E-state index >= 15 is 0 Å². The summed E-state index contributed by atoms with van der Waals surface area (Å²) in [6.45, 7) is 2.67. The van der Waals surface area contributed by atoms with Crippen molar-refractivity contribution >= 4 is 23.2 Å². The molecule has 0 bridgehead atoms. The van der Waals surface area contributed by atoms with Crippen LogP contribution in [-0.4, -0.2) is 24.4 Å². The summed E-state index contributed by atoms with van der Waals surface area (Å²) in [6.07, 6.45) is 2.67. The van der Waals surface area contributed by atoms with E-state index in [1.165, 1.54) is 11.3 Å². The highest BCUT2D eigenvalue weighted by Gasteiger charge is 2.23. The van der Waals surface area contributed by atoms with Crippen molar-refractivity contribution in [2.75, 3.05) is 6.54 Å². The molecule has 1 fully saturated rings. The number of nitrogens with one attached hydrogen (secondary N) is 2. The Hall–Kier alpha value is -1.36. The first-order valence-corrected chi connectivity index (χ1v) is 6.63. The van der Waals surface area contributed by atoms with E-state index in [1.807, 2.05) is 13.0 Å². The molecule has 2 heterocycles. The zero-order valence-corrected chi connectivity index (χ0v) is 10.6. The Balaban J connectivity index is 1.99. The summed E-state index contributed by atoms with van der Waals surface area (Å²) in [5.41, 5.74) is 0. The Morgan fingerprint density at radius 1 is 1.47 bits per heavy atom. The molecule has 0 spiro atoms. The van der Waals surface area contributed by atoms with Gasteiger partial charge in [-0.2, -0.15) is 0 Å². The third-order valence-corrected chi connectivity index (χ3v) is 3.80. The Morgan fingerprint density at radius 2 is 2.29 bits per heavy atom. The van der Waals surface area contributed by atoms with Crippen molar-refractivity contribution < 1.29 is 9.59 Å². The maximum absolute atomic E-state index is 11.9. The van der Waals surface area contributed by atoms with Crippen LogP contribution in [0.5, 0.6) is 0 Å². The molecule has 92 valence electrons. The molecule has 0 unspecified atom stereocenters. The maximum Gasteiger partial charge on any atom is 0.262 e. The first kappa shape index (κ1) is 12.1. The number of hydrogen-bond donors (Lipinski definition) is 2. The van der Waals surface area contributed by atoms with Crippen LogP contribution in [-0.2, 0) is 4.79 Å². The molecule has 0 saturated carbocycles. The lowest BCUT2D eigenvalue weighted by Gasteiger charge is -2.14. The summed E-state index contributed by atoms with van der Waals surface area (Å²) in [5, 5.41) is 5.60. The first-order chi connectivity index (χ1) is 8.16. The average molecular weight is 252 g/mol. The van der Waals surface area contributed by atoms with E-state index in [2.05, 4.69) is 10.6 Å². The molecule has 0 aromatic carbocycles. The number of amides is 2. The van der Waals surface area contributed by atoms with Crippen LogP contribution in [0, 0.1) is 6.92 Å². The van der Waals surface area contributed by atoms with Gasteiger partial charge in [-0.15, -0.1) is 11.3 Å². The standard InChI is InChI=1S/C12H16N2O2S/c1-8-5-6-10(17-8)12(16)14-9-4-2-3-7-13-11(9)15/h5-6,9H,2-4,7H2,1H3,(H,13,15)(H,14,16)/t9-/m0/s1. The molecule has 2 rings (SSSR count). The fraction of sp³-hybridized carbons (Fsp3) is 0.500. The molecule has 1 aromatic rings. The molecule has 1 saturated heterocycles. The van der Waals surface area contributed by atoms with Crippen LogP contribution >= 0.6 is 11.3 Å². The van der Waals surface area contributed by atoms with Crippen molar-refractivity contribution in [3.63, 3.8) is 0 Å². The summed E-state index contributed by atoms with van der Waals surface area (Å²) >= 11 is 1.45. The highest BCUT2D eigenvalue weighted by Crippen LogP contribution is 2.15. The van der Waals surface area contributed by atoms with E-state index in [0.717, 1.165) is 24.1 Å². The maximum atomic E-state index is 11.9. The molecule has 1 aliphatic heterocycles. The molecule has 5 heteroatoms. The van der Waals surface area contributed by atoms with Gasteiger partial charge in [-0.25, -0.2) is 0 Å². The van der Waals surface area contributed by atoms with Crippen LogP contribution in [0.1, 0.15) is 33.8 Å². The van der Waals surface area contributed by atoms with Gasteiger partial charge in [0.1, 0.15) is 6.04 Å². The molecule has 1 aliphatic rings. The molecule has 1 atom stereocenters. The van der Waals surface area contributed by atoms with Crippen LogP contribution in [0.3, 0.4) is 0 Å². The second kappa shape index (κ2) is 5.31. The summed E-state index contributed by atoms with van der Waals surface area (Å²) < 4.78 is 0. The second-order valence-electron chi connectivity index (χ2n) is 4.22. The number of thiophene rings is 1. The fourth-order valence-corrected chi connectivity index (χ4v) is 2.63. The highest BCUT2D eigenvalue weighted by molar-refractivity contribution is 7.13. The Kier molecular flexibility index (Phi) is 3.78. The van der Waals surface area contributed by atoms with Crippen molar-refractivity contribution in [1.29, 1.82) is 0 Å². The van der Waals surface area contributed by atoms with Gasteiger partial charge in [0.25, 0.3) is 5.91 Å². The van der Waals surface area contributed by atoms with Gasteiger partial charge in [-0.3, -0.25) is 9.59 Å². The smallest absolute Gasteiger partial charge is 0.262 e. The van der Waals surface area contributed by atoms with Crippen LogP contribution < -0.4 is 10.6 Å². The van der Waals surface area contributed by atoms with E-state index in [1.54, 1.807) is 6.07 Å². The number of rotatable bonds is 2. The summed E-state index contributed by atoms with van der Waals surface area (Å²) in [5.74, 6) is -0.214. The number of carbonyl (C=O) groups excluding carboxylic acids is 2. The van der Waals surface area contributed by atoms with Crippen molar-refractivity contribution in [2.45, 2.75) is 32.2 Å². The van der Waals surface area contributed by atoms with Gasteiger partial charge in [0.15, 0.2) is 0 Å². The molecule has 2 N–H and O–H groups in total. The van der Waals surface area contributed by atoms with Gasteiger partial charge in [0.05, 0.1) is 4.88 Å². The zero-order valence-electron chi connectivity index (χ0n) is 9.79. The normalized spacial score (nSPS) is 20.5. The second-order valence-corrected chi connectivity index (χ2v) is 5.51. The van der Waals surface area contributed by atoms with E-state index < -0.39 is 0 Å². The first-order valence-electron chi connectivity index (χ1n) is 5.82. The molecule has 2 amide bonds. The number of hydrogen-bond acceptors (Lipinski definition) is 3. The van der Waals surface area contributed by atoms with Crippen molar-refractivity contribution in [2.24, 2.45) is 0 Å². The number of aryl methyl sites for hydroxylation is 1. The van der Waals surface area contributed by atoms with Crippen LogP contribution in [0.15, 0.2) is 12.1 Å². The van der Waals surface area contributed by atoms with E-state index in [-0.39, 0.29) is 17.9 Å². The molecule has 17 heavy (non-hydrogen) atoms. The van der Waals surface area contributed by atoms with Gasteiger partial charge in [-0.1, -0.05) is 0 Å².